The smallest absolute Gasteiger partial charge is 0.253 e. The average Bonchev–Trinajstić information content (AvgIpc) is 2.26. The molecule has 1 amide bonds. The second kappa shape index (κ2) is 5.90. The number of rotatable bonds is 3. The fourth-order valence-corrected chi connectivity index (χ4v) is 1.96. The van der Waals surface area contributed by atoms with E-state index in [0.29, 0.717) is 22.2 Å². The zero-order chi connectivity index (χ0) is 13.0. The van der Waals surface area contributed by atoms with Crippen LogP contribution in [-0.4, -0.2) is 24.4 Å². The van der Waals surface area contributed by atoms with Crippen molar-refractivity contribution in [1.29, 1.82) is 5.26 Å². The Labute approximate surface area is 111 Å². The van der Waals surface area contributed by atoms with Crippen LogP contribution >= 0.6 is 23.2 Å². The Balaban J connectivity index is 2.86. The molecule has 0 fully saturated rings. The predicted molar refractivity (Wildman–Crippen MR) is 68.2 cm³/mol. The molecule has 90 valence electrons. The van der Waals surface area contributed by atoms with E-state index < -0.39 is 0 Å². The number of hydrogen-bond acceptors (Lipinski definition) is 2. The minimum absolute atomic E-state index is 0.198. The predicted octanol–water partition coefficient (Wildman–Crippen LogP) is 3.23. The molecule has 1 rings (SSSR count). The van der Waals surface area contributed by atoms with Gasteiger partial charge in [0.25, 0.3) is 5.91 Å². The van der Waals surface area contributed by atoms with Gasteiger partial charge >= 0.3 is 0 Å². The van der Waals surface area contributed by atoms with Crippen LogP contribution in [0.4, 0.5) is 0 Å². The lowest BCUT2D eigenvalue weighted by molar-refractivity contribution is 0.0785. The average molecular weight is 271 g/mol. The molecule has 0 bridgehead atoms. The monoisotopic (exact) mass is 270 g/mol. The van der Waals surface area contributed by atoms with Crippen molar-refractivity contribution in [2.45, 2.75) is 6.92 Å². The van der Waals surface area contributed by atoms with Gasteiger partial charge in [0, 0.05) is 29.2 Å². The zero-order valence-electron chi connectivity index (χ0n) is 9.58. The minimum Gasteiger partial charge on any atom is -0.340 e. The van der Waals surface area contributed by atoms with E-state index in [1.165, 1.54) is 4.90 Å². The summed E-state index contributed by atoms with van der Waals surface area (Å²) in [5.74, 6) is -0.407. The first kappa shape index (κ1) is 13.8. The van der Waals surface area contributed by atoms with Gasteiger partial charge in [-0.1, -0.05) is 23.2 Å². The largest absolute Gasteiger partial charge is 0.340 e. The molecule has 0 aromatic heterocycles. The van der Waals surface area contributed by atoms with Crippen LogP contribution in [0.25, 0.3) is 0 Å². The number of hydrogen-bond donors (Lipinski definition) is 0. The van der Waals surface area contributed by atoms with Gasteiger partial charge in [-0.2, -0.15) is 5.26 Å². The van der Waals surface area contributed by atoms with Crippen molar-refractivity contribution in [3.05, 3.63) is 33.8 Å². The van der Waals surface area contributed by atoms with Gasteiger partial charge in [-0.3, -0.25) is 4.79 Å². The molecule has 0 unspecified atom stereocenters. The summed E-state index contributed by atoms with van der Waals surface area (Å²) < 4.78 is 0. The molecule has 3 nitrogen and oxygen atoms in total. The summed E-state index contributed by atoms with van der Waals surface area (Å²) in [7, 11) is 1.64. The van der Waals surface area contributed by atoms with Gasteiger partial charge in [0.05, 0.1) is 12.0 Å². The summed E-state index contributed by atoms with van der Waals surface area (Å²) >= 11 is 11.6. The van der Waals surface area contributed by atoms with E-state index in [2.05, 4.69) is 6.07 Å². The van der Waals surface area contributed by atoms with Crippen LogP contribution in [0.3, 0.4) is 0 Å². The number of carbonyl (C=O) groups excluding carboxylic acids is 1. The first-order chi connectivity index (χ1) is 7.93. The summed E-state index contributed by atoms with van der Waals surface area (Å²) in [6.07, 6.45) is 0. The van der Waals surface area contributed by atoms with Crippen LogP contribution in [-0.2, 0) is 0 Å². The maximum absolute atomic E-state index is 12.0. The Morgan fingerprint density at radius 3 is 2.41 bits per heavy atom. The first-order valence-corrected chi connectivity index (χ1v) is 5.80. The van der Waals surface area contributed by atoms with Crippen LogP contribution in [0.5, 0.6) is 0 Å². The molecular weight excluding hydrogens is 259 g/mol. The second-order valence-electron chi connectivity index (χ2n) is 3.87. The van der Waals surface area contributed by atoms with Crippen LogP contribution in [0.15, 0.2) is 18.2 Å². The maximum Gasteiger partial charge on any atom is 0.253 e. The highest BCUT2D eigenvalue weighted by Gasteiger charge is 2.15. The van der Waals surface area contributed by atoms with E-state index in [4.69, 9.17) is 28.5 Å². The molecule has 0 aliphatic carbocycles. The number of nitriles is 1. The van der Waals surface area contributed by atoms with Crippen molar-refractivity contribution >= 4 is 29.1 Å². The third kappa shape index (κ3) is 3.92. The van der Waals surface area contributed by atoms with Crippen molar-refractivity contribution in [2.24, 2.45) is 5.92 Å². The molecule has 1 aromatic carbocycles. The molecule has 0 spiro atoms. The Morgan fingerprint density at radius 2 is 1.94 bits per heavy atom. The minimum atomic E-state index is -0.210. The summed E-state index contributed by atoms with van der Waals surface area (Å²) in [6, 6.07) is 6.76. The molecule has 1 aromatic rings. The van der Waals surface area contributed by atoms with Crippen LogP contribution < -0.4 is 0 Å². The molecule has 0 aliphatic rings. The maximum atomic E-state index is 12.0. The fraction of sp³-hybridized carbons (Fsp3) is 0.333. The second-order valence-corrected chi connectivity index (χ2v) is 4.75. The highest BCUT2D eigenvalue weighted by Crippen LogP contribution is 2.20. The van der Waals surface area contributed by atoms with E-state index >= 15 is 0 Å². The lowest BCUT2D eigenvalue weighted by Crippen LogP contribution is -2.30. The Hall–Kier alpha value is -1.24. The van der Waals surface area contributed by atoms with Gasteiger partial charge in [0.1, 0.15) is 0 Å². The van der Waals surface area contributed by atoms with Crippen molar-refractivity contribution in [2.75, 3.05) is 13.6 Å². The standard InChI is InChI=1S/C12H12Cl2N2O/c1-8(6-15)7-16(2)12(17)9-3-10(13)5-11(14)4-9/h3-5,8H,7H2,1-2H3/t8-/m1/s1. The van der Waals surface area contributed by atoms with Crippen molar-refractivity contribution in [3.8, 4) is 6.07 Å². The normalized spacial score (nSPS) is 11.7. The van der Waals surface area contributed by atoms with E-state index in [9.17, 15) is 4.79 Å². The lowest BCUT2D eigenvalue weighted by Gasteiger charge is -2.18. The summed E-state index contributed by atoms with van der Waals surface area (Å²) in [5.41, 5.74) is 0.426. The van der Waals surface area contributed by atoms with Crippen molar-refractivity contribution in [3.63, 3.8) is 0 Å². The SMILES string of the molecule is C[C@H](C#N)CN(C)C(=O)c1cc(Cl)cc(Cl)c1. The van der Waals surface area contributed by atoms with Crippen molar-refractivity contribution in [1.82, 2.24) is 4.90 Å². The van der Waals surface area contributed by atoms with Gasteiger partial charge in [0.15, 0.2) is 0 Å². The number of nitrogens with zero attached hydrogens (tertiary/aromatic N) is 2. The van der Waals surface area contributed by atoms with Gasteiger partial charge in [0.2, 0.25) is 0 Å². The molecule has 5 heteroatoms. The highest BCUT2D eigenvalue weighted by molar-refractivity contribution is 6.35. The molecule has 0 N–H and O–H groups in total. The van der Waals surface area contributed by atoms with E-state index in [1.54, 1.807) is 32.2 Å². The van der Waals surface area contributed by atoms with Gasteiger partial charge in [-0.05, 0) is 25.1 Å². The highest BCUT2D eigenvalue weighted by atomic mass is 35.5. The summed E-state index contributed by atoms with van der Waals surface area (Å²) in [6.45, 7) is 2.13. The van der Waals surface area contributed by atoms with E-state index in [0.717, 1.165) is 0 Å². The van der Waals surface area contributed by atoms with Crippen LogP contribution in [0.2, 0.25) is 10.0 Å². The van der Waals surface area contributed by atoms with E-state index in [-0.39, 0.29) is 11.8 Å². The quantitative estimate of drug-likeness (QED) is 0.847. The molecule has 0 aliphatic heterocycles. The van der Waals surface area contributed by atoms with Crippen molar-refractivity contribution < 1.29 is 4.79 Å². The number of halogens is 2. The number of amides is 1. The summed E-state index contributed by atoms with van der Waals surface area (Å²) in [5, 5.41) is 9.53. The fourth-order valence-electron chi connectivity index (χ4n) is 1.43. The Bertz CT molecular complexity index is 448. The van der Waals surface area contributed by atoms with E-state index in [1.807, 2.05) is 0 Å². The molecular formula is C12H12Cl2N2O. The Kier molecular flexibility index (Phi) is 4.80. The molecule has 0 radical (unpaired) electrons. The Morgan fingerprint density at radius 1 is 1.41 bits per heavy atom. The molecule has 0 saturated carbocycles. The molecule has 1 atom stereocenters. The van der Waals surface area contributed by atoms with Gasteiger partial charge < -0.3 is 4.90 Å². The first-order valence-electron chi connectivity index (χ1n) is 5.05. The molecule has 0 heterocycles. The van der Waals surface area contributed by atoms with Gasteiger partial charge in [-0.25, -0.2) is 0 Å². The lowest BCUT2D eigenvalue weighted by atomic mass is 10.1. The van der Waals surface area contributed by atoms with Gasteiger partial charge in [-0.15, -0.1) is 0 Å². The number of benzene rings is 1. The molecule has 0 saturated heterocycles. The van der Waals surface area contributed by atoms with Crippen LogP contribution in [0.1, 0.15) is 17.3 Å². The summed E-state index contributed by atoms with van der Waals surface area (Å²) in [4.78, 5) is 13.5. The third-order valence-electron chi connectivity index (χ3n) is 2.22. The topological polar surface area (TPSA) is 44.1 Å². The van der Waals surface area contributed by atoms with Crippen LogP contribution in [0, 0.1) is 17.2 Å². The molecule has 17 heavy (non-hydrogen) atoms. The number of carbonyl (C=O) groups is 1. The third-order valence-corrected chi connectivity index (χ3v) is 2.66. The zero-order valence-corrected chi connectivity index (χ0v) is 11.1.